The molecule has 0 unspecified atom stereocenters. The molecule has 3 aromatic rings. The van der Waals surface area contributed by atoms with Crippen molar-refractivity contribution in [2.45, 2.75) is 25.8 Å². The van der Waals surface area contributed by atoms with Crippen LogP contribution in [0.1, 0.15) is 40.8 Å². The molecular weight excluding hydrogens is 333 g/mol. The van der Waals surface area contributed by atoms with Crippen LogP contribution in [0.15, 0.2) is 49.1 Å². The van der Waals surface area contributed by atoms with Gasteiger partial charge < -0.3 is 4.90 Å². The number of carbonyl (C=O) groups excluding carboxylic acids is 1. The van der Waals surface area contributed by atoms with E-state index in [0.29, 0.717) is 17.9 Å². The van der Waals surface area contributed by atoms with E-state index in [1.165, 1.54) is 24.3 Å². The van der Waals surface area contributed by atoms with Crippen molar-refractivity contribution >= 4 is 5.91 Å². The number of imidazole rings is 1. The van der Waals surface area contributed by atoms with Crippen molar-refractivity contribution in [2.24, 2.45) is 0 Å². The Morgan fingerprint density at radius 1 is 1.23 bits per heavy atom. The van der Waals surface area contributed by atoms with Gasteiger partial charge in [0.1, 0.15) is 11.6 Å². The number of rotatable bonds is 3. The molecular formula is C19H18FN5O. The molecule has 1 amide bonds. The zero-order valence-corrected chi connectivity index (χ0v) is 14.3. The molecule has 3 heterocycles. The SMILES string of the molecule is Cc1nccn1-c1cncc([C@@H]2CCCN2C(=O)c2ccc(F)cc2)n1. The molecule has 7 heteroatoms. The number of halogens is 1. The minimum absolute atomic E-state index is 0.112. The smallest absolute Gasteiger partial charge is 0.254 e. The van der Waals surface area contributed by atoms with Crippen LogP contribution in [0.2, 0.25) is 0 Å². The van der Waals surface area contributed by atoms with Gasteiger partial charge in [-0.2, -0.15) is 0 Å². The fourth-order valence-electron chi connectivity index (χ4n) is 3.34. The molecule has 0 radical (unpaired) electrons. The molecule has 0 bridgehead atoms. The third kappa shape index (κ3) is 2.96. The Labute approximate surface area is 150 Å². The highest BCUT2D eigenvalue weighted by atomic mass is 19.1. The Bertz CT molecular complexity index is 937. The molecule has 0 N–H and O–H groups in total. The van der Waals surface area contributed by atoms with E-state index in [4.69, 9.17) is 4.98 Å². The summed E-state index contributed by atoms with van der Waals surface area (Å²) in [6, 6.07) is 5.51. The molecule has 26 heavy (non-hydrogen) atoms. The molecule has 1 fully saturated rings. The van der Waals surface area contributed by atoms with Gasteiger partial charge in [0.25, 0.3) is 5.91 Å². The Balaban J connectivity index is 1.63. The Kier molecular flexibility index (Phi) is 4.20. The first kappa shape index (κ1) is 16.4. The Hall–Kier alpha value is -3.09. The lowest BCUT2D eigenvalue weighted by Crippen LogP contribution is -2.31. The average Bonchev–Trinajstić information content (AvgIpc) is 3.31. The fraction of sp³-hybridized carbons (Fsp3) is 0.263. The number of benzene rings is 1. The standard InChI is InChI=1S/C19H18FN5O/c1-13-22-8-10-24(13)18-12-21-11-16(23-18)17-3-2-9-25(17)19(26)14-4-6-15(20)7-5-14/h4-8,10-12,17H,2-3,9H2,1H3/t17-/m0/s1. The van der Waals surface area contributed by atoms with Crippen molar-refractivity contribution in [2.75, 3.05) is 6.54 Å². The van der Waals surface area contributed by atoms with Gasteiger partial charge in [-0.05, 0) is 44.0 Å². The summed E-state index contributed by atoms with van der Waals surface area (Å²) in [7, 11) is 0. The van der Waals surface area contributed by atoms with Crippen molar-refractivity contribution in [1.29, 1.82) is 0 Å². The molecule has 6 nitrogen and oxygen atoms in total. The van der Waals surface area contributed by atoms with E-state index in [9.17, 15) is 9.18 Å². The largest absolute Gasteiger partial charge is 0.330 e. The van der Waals surface area contributed by atoms with Gasteiger partial charge in [-0.25, -0.2) is 14.4 Å². The highest BCUT2D eigenvalue weighted by Gasteiger charge is 2.32. The summed E-state index contributed by atoms with van der Waals surface area (Å²) < 4.78 is 15.0. The van der Waals surface area contributed by atoms with Crippen molar-refractivity contribution in [3.63, 3.8) is 0 Å². The Morgan fingerprint density at radius 2 is 2.04 bits per heavy atom. The molecule has 1 aromatic carbocycles. The van der Waals surface area contributed by atoms with Gasteiger partial charge >= 0.3 is 0 Å². The lowest BCUT2D eigenvalue weighted by atomic mass is 10.1. The second-order valence-electron chi connectivity index (χ2n) is 6.31. The lowest BCUT2D eigenvalue weighted by Gasteiger charge is -2.24. The number of hydrogen-bond acceptors (Lipinski definition) is 4. The van der Waals surface area contributed by atoms with Crippen LogP contribution in [0, 0.1) is 12.7 Å². The maximum atomic E-state index is 13.1. The number of amides is 1. The first-order valence-electron chi connectivity index (χ1n) is 8.52. The second-order valence-corrected chi connectivity index (χ2v) is 6.31. The summed E-state index contributed by atoms with van der Waals surface area (Å²) in [5.74, 6) is 1.04. The number of carbonyl (C=O) groups is 1. The summed E-state index contributed by atoms with van der Waals surface area (Å²) in [6.07, 6.45) is 8.65. The van der Waals surface area contributed by atoms with Gasteiger partial charge in [0.15, 0.2) is 5.82 Å². The number of likely N-dealkylation sites (tertiary alicyclic amines) is 1. The molecule has 132 valence electrons. The van der Waals surface area contributed by atoms with Gasteiger partial charge in [-0.3, -0.25) is 14.3 Å². The molecule has 0 spiro atoms. The molecule has 4 rings (SSSR count). The number of aromatic nitrogens is 4. The van der Waals surface area contributed by atoms with E-state index in [0.717, 1.165) is 24.4 Å². The maximum Gasteiger partial charge on any atom is 0.254 e. The lowest BCUT2D eigenvalue weighted by molar-refractivity contribution is 0.0732. The number of nitrogens with zero attached hydrogens (tertiary/aromatic N) is 5. The van der Waals surface area contributed by atoms with Crippen LogP contribution in [0.5, 0.6) is 0 Å². The summed E-state index contributed by atoms with van der Waals surface area (Å²) in [5.41, 5.74) is 1.23. The quantitative estimate of drug-likeness (QED) is 0.727. The van der Waals surface area contributed by atoms with E-state index >= 15 is 0 Å². The van der Waals surface area contributed by atoms with E-state index in [1.54, 1.807) is 23.5 Å². The third-order valence-corrected chi connectivity index (χ3v) is 4.66. The summed E-state index contributed by atoms with van der Waals surface area (Å²) in [5, 5.41) is 0. The van der Waals surface area contributed by atoms with Gasteiger partial charge in [0.2, 0.25) is 0 Å². The van der Waals surface area contributed by atoms with Crippen molar-refractivity contribution in [3.05, 3.63) is 72.0 Å². The van der Waals surface area contributed by atoms with Gasteiger partial charge in [-0.15, -0.1) is 0 Å². The van der Waals surface area contributed by atoms with Gasteiger partial charge in [0.05, 0.1) is 24.1 Å². The summed E-state index contributed by atoms with van der Waals surface area (Å²) in [4.78, 5) is 27.9. The van der Waals surface area contributed by atoms with Crippen molar-refractivity contribution in [1.82, 2.24) is 24.4 Å². The van der Waals surface area contributed by atoms with Crippen molar-refractivity contribution < 1.29 is 9.18 Å². The molecule has 1 aliphatic rings. The zero-order valence-electron chi connectivity index (χ0n) is 14.3. The third-order valence-electron chi connectivity index (χ3n) is 4.66. The Morgan fingerprint density at radius 3 is 2.77 bits per heavy atom. The summed E-state index contributed by atoms with van der Waals surface area (Å²) >= 11 is 0. The highest BCUT2D eigenvalue weighted by molar-refractivity contribution is 5.94. The fourth-order valence-corrected chi connectivity index (χ4v) is 3.34. The predicted octanol–water partition coefficient (Wildman–Crippen LogP) is 3.09. The maximum absolute atomic E-state index is 13.1. The molecule has 0 saturated carbocycles. The normalized spacial score (nSPS) is 16.8. The van der Waals surface area contributed by atoms with Crippen LogP contribution in [-0.4, -0.2) is 36.9 Å². The predicted molar refractivity (Wildman–Crippen MR) is 93.3 cm³/mol. The highest BCUT2D eigenvalue weighted by Crippen LogP contribution is 2.32. The number of hydrogen-bond donors (Lipinski definition) is 0. The van der Waals surface area contributed by atoms with Gasteiger partial charge in [0, 0.05) is 24.5 Å². The molecule has 1 aliphatic heterocycles. The minimum Gasteiger partial charge on any atom is -0.330 e. The topological polar surface area (TPSA) is 63.9 Å². The van der Waals surface area contributed by atoms with Crippen LogP contribution in [-0.2, 0) is 0 Å². The molecule has 1 saturated heterocycles. The van der Waals surface area contributed by atoms with E-state index in [1.807, 2.05) is 17.7 Å². The minimum atomic E-state index is -0.353. The first-order valence-corrected chi connectivity index (χ1v) is 8.52. The van der Waals surface area contributed by atoms with E-state index < -0.39 is 0 Å². The second kappa shape index (κ2) is 6.67. The average molecular weight is 351 g/mol. The van der Waals surface area contributed by atoms with Crippen LogP contribution in [0.4, 0.5) is 4.39 Å². The van der Waals surface area contributed by atoms with E-state index in [-0.39, 0.29) is 17.8 Å². The van der Waals surface area contributed by atoms with Crippen molar-refractivity contribution in [3.8, 4) is 5.82 Å². The van der Waals surface area contributed by atoms with Crippen LogP contribution in [0.25, 0.3) is 5.82 Å². The molecule has 1 atom stereocenters. The van der Waals surface area contributed by atoms with Gasteiger partial charge in [-0.1, -0.05) is 0 Å². The number of aryl methyl sites for hydroxylation is 1. The first-order chi connectivity index (χ1) is 12.6. The van der Waals surface area contributed by atoms with Crippen LogP contribution in [0.3, 0.4) is 0 Å². The molecule has 2 aromatic heterocycles. The van der Waals surface area contributed by atoms with Crippen LogP contribution >= 0.6 is 0 Å². The summed E-state index contributed by atoms with van der Waals surface area (Å²) in [6.45, 7) is 2.55. The van der Waals surface area contributed by atoms with E-state index in [2.05, 4.69) is 9.97 Å². The monoisotopic (exact) mass is 351 g/mol. The zero-order chi connectivity index (χ0) is 18.1. The molecule has 0 aliphatic carbocycles. The van der Waals surface area contributed by atoms with Crippen LogP contribution < -0.4 is 0 Å².